The Labute approximate surface area is 99.0 Å². The van der Waals surface area contributed by atoms with Crippen molar-refractivity contribution in [2.45, 2.75) is 51.1 Å². The first-order valence-electron chi connectivity index (χ1n) is 6.81. The van der Waals surface area contributed by atoms with Gasteiger partial charge in [0.1, 0.15) is 0 Å². The Balaban J connectivity index is 1.83. The lowest BCUT2D eigenvalue weighted by Crippen LogP contribution is -2.50. The molecule has 0 bridgehead atoms. The van der Waals surface area contributed by atoms with Crippen LogP contribution in [0.15, 0.2) is 0 Å². The first-order chi connectivity index (χ1) is 7.70. The van der Waals surface area contributed by atoms with Gasteiger partial charge >= 0.3 is 0 Å². The van der Waals surface area contributed by atoms with Gasteiger partial charge in [-0.15, -0.1) is 0 Å². The quantitative estimate of drug-likeness (QED) is 0.741. The summed E-state index contributed by atoms with van der Waals surface area (Å²) in [6, 6.07) is 1.07. The van der Waals surface area contributed by atoms with E-state index in [-0.39, 0.29) is 0 Å². The standard InChI is InChI=1S/C13H26N2O/c1-10(12-4-5-12)15-8-11(3-2-6-16)7-13(14)9-15/h10-13,16H,2-9,14H2,1H3. The normalized spacial score (nSPS) is 33.9. The number of hydrogen-bond donors (Lipinski definition) is 2. The van der Waals surface area contributed by atoms with Gasteiger partial charge in [0.2, 0.25) is 0 Å². The molecular formula is C13H26N2O. The van der Waals surface area contributed by atoms with Crippen LogP contribution in [0.5, 0.6) is 0 Å². The molecule has 0 aromatic carbocycles. The minimum atomic E-state index is 0.323. The highest BCUT2D eigenvalue weighted by Crippen LogP contribution is 2.36. The topological polar surface area (TPSA) is 49.5 Å². The lowest BCUT2D eigenvalue weighted by atomic mass is 9.89. The summed E-state index contributed by atoms with van der Waals surface area (Å²) in [5, 5.41) is 8.89. The second-order valence-corrected chi connectivity index (χ2v) is 5.76. The van der Waals surface area contributed by atoms with E-state index in [9.17, 15) is 0 Å². The van der Waals surface area contributed by atoms with Crippen LogP contribution in [0.2, 0.25) is 0 Å². The van der Waals surface area contributed by atoms with E-state index in [0.717, 1.165) is 37.8 Å². The molecule has 0 aromatic rings. The number of aliphatic hydroxyl groups excluding tert-OH is 1. The molecule has 1 saturated heterocycles. The Kier molecular flexibility index (Phi) is 4.22. The molecule has 2 aliphatic rings. The van der Waals surface area contributed by atoms with Gasteiger partial charge in [-0.25, -0.2) is 0 Å². The molecule has 3 atom stereocenters. The van der Waals surface area contributed by atoms with E-state index >= 15 is 0 Å². The molecule has 3 heteroatoms. The number of nitrogens with zero attached hydrogens (tertiary/aromatic N) is 1. The zero-order chi connectivity index (χ0) is 11.5. The van der Waals surface area contributed by atoms with Gasteiger partial charge in [0.05, 0.1) is 0 Å². The lowest BCUT2D eigenvalue weighted by molar-refractivity contribution is 0.0982. The Morgan fingerprint density at radius 1 is 1.38 bits per heavy atom. The maximum atomic E-state index is 8.89. The van der Waals surface area contributed by atoms with E-state index in [1.807, 2.05) is 0 Å². The van der Waals surface area contributed by atoms with Crippen LogP contribution in [0.1, 0.15) is 39.0 Å². The van der Waals surface area contributed by atoms with Crippen molar-refractivity contribution in [3.05, 3.63) is 0 Å². The molecule has 2 rings (SSSR count). The molecule has 94 valence electrons. The van der Waals surface area contributed by atoms with Crippen LogP contribution in [-0.4, -0.2) is 41.8 Å². The highest BCUT2D eigenvalue weighted by atomic mass is 16.2. The molecule has 2 fully saturated rings. The monoisotopic (exact) mass is 226 g/mol. The number of hydrogen-bond acceptors (Lipinski definition) is 3. The molecule has 0 radical (unpaired) electrons. The average Bonchev–Trinajstić information content (AvgIpc) is 3.08. The van der Waals surface area contributed by atoms with Crippen molar-refractivity contribution in [3.8, 4) is 0 Å². The van der Waals surface area contributed by atoms with Crippen LogP contribution in [0.3, 0.4) is 0 Å². The minimum absolute atomic E-state index is 0.323. The van der Waals surface area contributed by atoms with Crippen molar-refractivity contribution >= 4 is 0 Å². The van der Waals surface area contributed by atoms with E-state index in [0.29, 0.717) is 18.6 Å². The van der Waals surface area contributed by atoms with Gasteiger partial charge in [0, 0.05) is 31.8 Å². The van der Waals surface area contributed by atoms with Crippen LogP contribution < -0.4 is 5.73 Å². The van der Waals surface area contributed by atoms with E-state index in [1.54, 1.807) is 0 Å². The van der Waals surface area contributed by atoms with Crippen LogP contribution in [0.4, 0.5) is 0 Å². The van der Waals surface area contributed by atoms with E-state index < -0.39 is 0 Å². The molecule has 0 aromatic heterocycles. The Morgan fingerprint density at radius 2 is 2.12 bits per heavy atom. The molecule has 16 heavy (non-hydrogen) atoms. The number of piperidine rings is 1. The van der Waals surface area contributed by atoms with E-state index in [4.69, 9.17) is 10.8 Å². The average molecular weight is 226 g/mol. The highest BCUT2D eigenvalue weighted by molar-refractivity contribution is 4.90. The van der Waals surface area contributed by atoms with Crippen LogP contribution >= 0.6 is 0 Å². The molecule has 3 N–H and O–H groups in total. The lowest BCUT2D eigenvalue weighted by Gasteiger charge is -2.40. The SMILES string of the molecule is CC(C1CC1)N1CC(N)CC(CCCO)C1. The fourth-order valence-electron chi connectivity index (χ4n) is 3.08. The molecule has 1 aliphatic carbocycles. The van der Waals surface area contributed by atoms with Crippen molar-refractivity contribution in [2.24, 2.45) is 17.6 Å². The third-order valence-electron chi connectivity index (χ3n) is 4.25. The van der Waals surface area contributed by atoms with Gasteiger partial charge in [0.15, 0.2) is 0 Å². The maximum Gasteiger partial charge on any atom is 0.0431 e. The Morgan fingerprint density at radius 3 is 2.75 bits per heavy atom. The molecular weight excluding hydrogens is 200 g/mol. The number of aliphatic hydroxyl groups is 1. The first kappa shape index (κ1) is 12.3. The summed E-state index contributed by atoms with van der Waals surface area (Å²) in [6.07, 6.45) is 6.04. The summed E-state index contributed by atoms with van der Waals surface area (Å²) in [7, 11) is 0. The smallest absolute Gasteiger partial charge is 0.0431 e. The zero-order valence-corrected chi connectivity index (χ0v) is 10.4. The van der Waals surface area contributed by atoms with Crippen molar-refractivity contribution in [3.63, 3.8) is 0 Å². The summed E-state index contributed by atoms with van der Waals surface area (Å²) in [5.74, 6) is 1.64. The van der Waals surface area contributed by atoms with Gasteiger partial charge in [-0.2, -0.15) is 0 Å². The molecule has 0 spiro atoms. The van der Waals surface area contributed by atoms with Gasteiger partial charge in [0.25, 0.3) is 0 Å². The molecule has 1 heterocycles. The van der Waals surface area contributed by atoms with Gasteiger partial charge in [-0.1, -0.05) is 0 Å². The largest absolute Gasteiger partial charge is 0.396 e. The van der Waals surface area contributed by atoms with Crippen LogP contribution in [0, 0.1) is 11.8 Å². The fraction of sp³-hybridized carbons (Fsp3) is 1.00. The highest BCUT2D eigenvalue weighted by Gasteiger charge is 2.35. The van der Waals surface area contributed by atoms with Crippen molar-refractivity contribution in [1.82, 2.24) is 4.90 Å². The first-order valence-corrected chi connectivity index (χ1v) is 6.81. The van der Waals surface area contributed by atoms with Crippen LogP contribution in [-0.2, 0) is 0 Å². The zero-order valence-electron chi connectivity index (χ0n) is 10.4. The van der Waals surface area contributed by atoms with Gasteiger partial charge in [-0.05, 0) is 50.9 Å². The van der Waals surface area contributed by atoms with Crippen molar-refractivity contribution < 1.29 is 5.11 Å². The van der Waals surface area contributed by atoms with Crippen molar-refractivity contribution in [2.75, 3.05) is 19.7 Å². The van der Waals surface area contributed by atoms with Gasteiger partial charge in [-0.3, -0.25) is 4.90 Å². The molecule has 0 amide bonds. The third kappa shape index (κ3) is 3.19. The summed E-state index contributed by atoms with van der Waals surface area (Å²) in [5.41, 5.74) is 6.14. The Bertz CT molecular complexity index is 218. The Hall–Kier alpha value is -0.120. The minimum Gasteiger partial charge on any atom is -0.396 e. The summed E-state index contributed by atoms with van der Waals surface area (Å²) in [6.45, 7) is 4.96. The number of likely N-dealkylation sites (tertiary alicyclic amines) is 1. The number of rotatable bonds is 5. The predicted molar refractivity (Wildman–Crippen MR) is 66.2 cm³/mol. The molecule has 3 nitrogen and oxygen atoms in total. The second-order valence-electron chi connectivity index (χ2n) is 5.76. The summed E-state index contributed by atoms with van der Waals surface area (Å²) in [4.78, 5) is 2.59. The van der Waals surface area contributed by atoms with E-state index in [1.165, 1.54) is 19.4 Å². The second kappa shape index (κ2) is 5.48. The number of nitrogens with two attached hydrogens (primary N) is 1. The molecule has 3 unspecified atom stereocenters. The molecule has 1 aliphatic heterocycles. The third-order valence-corrected chi connectivity index (χ3v) is 4.25. The molecule has 1 saturated carbocycles. The van der Waals surface area contributed by atoms with Crippen molar-refractivity contribution in [1.29, 1.82) is 0 Å². The summed E-state index contributed by atoms with van der Waals surface area (Å²) < 4.78 is 0. The maximum absolute atomic E-state index is 8.89. The predicted octanol–water partition coefficient (Wildman–Crippen LogP) is 1.21. The van der Waals surface area contributed by atoms with Crippen LogP contribution in [0.25, 0.3) is 0 Å². The fourth-order valence-corrected chi connectivity index (χ4v) is 3.08. The summed E-state index contributed by atoms with van der Waals surface area (Å²) >= 11 is 0. The van der Waals surface area contributed by atoms with E-state index in [2.05, 4.69) is 11.8 Å². The van der Waals surface area contributed by atoms with Gasteiger partial charge < -0.3 is 10.8 Å².